The summed E-state index contributed by atoms with van der Waals surface area (Å²) in [6.07, 6.45) is -3.51. The summed E-state index contributed by atoms with van der Waals surface area (Å²) in [6, 6.07) is 14.7. The average molecular weight is 329 g/mol. The van der Waals surface area contributed by atoms with Crippen molar-refractivity contribution in [2.75, 3.05) is 0 Å². The van der Waals surface area contributed by atoms with Gasteiger partial charge in [0, 0.05) is 5.56 Å². The van der Waals surface area contributed by atoms with Gasteiger partial charge in [0.25, 0.3) is 0 Å². The summed E-state index contributed by atoms with van der Waals surface area (Å²) in [7, 11) is 0. The maximum absolute atomic E-state index is 12.5. The fourth-order valence-electron chi connectivity index (χ4n) is 2.21. The first kappa shape index (κ1) is 15.6. The molecule has 7 heteroatoms. The summed E-state index contributed by atoms with van der Waals surface area (Å²) in [5.41, 5.74) is 1.62. The van der Waals surface area contributed by atoms with Crippen LogP contribution in [0.5, 0.6) is 5.75 Å². The maximum atomic E-state index is 12.5. The van der Waals surface area contributed by atoms with Crippen LogP contribution in [0.15, 0.2) is 48.5 Å². The van der Waals surface area contributed by atoms with E-state index in [2.05, 4.69) is 14.7 Å². The highest BCUT2D eigenvalue weighted by molar-refractivity contribution is 5.91. The summed E-state index contributed by atoms with van der Waals surface area (Å²) in [4.78, 5) is 7.24. The molecular weight excluding hydrogens is 319 g/mol. The van der Waals surface area contributed by atoms with Gasteiger partial charge in [0.05, 0.1) is 16.6 Å². The van der Waals surface area contributed by atoms with Crippen molar-refractivity contribution in [1.82, 2.24) is 9.97 Å². The van der Waals surface area contributed by atoms with Gasteiger partial charge in [0.1, 0.15) is 17.6 Å². The smallest absolute Gasteiger partial charge is 0.405 e. The Labute approximate surface area is 134 Å². The third kappa shape index (κ3) is 3.38. The molecule has 0 aliphatic heterocycles. The third-order valence-corrected chi connectivity index (χ3v) is 3.21. The molecule has 0 amide bonds. The molecule has 1 aromatic heterocycles. The van der Waals surface area contributed by atoms with Crippen molar-refractivity contribution >= 4 is 22.7 Å². The minimum absolute atomic E-state index is 0.101. The van der Waals surface area contributed by atoms with E-state index in [0.29, 0.717) is 5.52 Å². The maximum Gasteiger partial charge on any atom is 0.573 e. The van der Waals surface area contributed by atoms with E-state index in [4.69, 9.17) is 0 Å². The van der Waals surface area contributed by atoms with E-state index in [1.807, 2.05) is 12.1 Å². The molecule has 0 bridgehead atoms. The van der Waals surface area contributed by atoms with E-state index < -0.39 is 6.36 Å². The fourth-order valence-corrected chi connectivity index (χ4v) is 2.21. The van der Waals surface area contributed by atoms with Gasteiger partial charge < -0.3 is 9.72 Å². The number of rotatable bonds is 3. The summed E-state index contributed by atoms with van der Waals surface area (Å²) in [6.45, 7) is 0. The predicted octanol–water partition coefficient (Wildman–Crippen LogP) is 4.53. The Morgan fingerprint density at radius 3 is 2.54 bits per heavy atom. The molecule has 0 radical (unpaired) electrons. The largest absolute Gasteiger partial charge is 0.573 e. The van der Waals surface area contributed by atoms with E-state index in [1.165, 1.54) is 24.3 Å². The molecule has 1 heterocycles. The third-order valence-electron chi connectivity index (χ3n) is 3.21. The van der Waals surface area contributed by atoms with Gasteiger partial charge in [0.15, 0.2) is 0 Å². The molecule has 3 aromatic rings. The Bertz CT molecular complexity index is 918. The molecule has 0 aliphatic rings. The SMILES string of the molecule is N#CC(=Cc1ccccc1OC(F)(F)F)c1nc2ccccc2[nH]1. The van der Waals surface area contributed by atoms with Crippen molar-refractivity contribution < 1.29 is 17.9 Å². The number of hydrogen-bond acceptors (Lipinski definition) is 3. The zero-order valence-corrected chi connectivity index (χ0v) is 12.1. The molecule has 4 nitrogen and oxygen atoms in total. The minimum atomic E-state index is -4.81. The lowest BCUT2D eigenvalue weighted by molar-refractivity contribution is -0.274. The summed E-state index contributed by atoms with van der Waals surface area (Å²) < 4.78 is 41.4. The Morgan fingerprint density at radius 2 is 1.83 bits per heavy atom. The number of H-pyrrole nitrogens is 1. The fraction of sp³-hybridized carbons (Fsp3) is 0.0588. The van der Waals surface area contributed by atoms with E-state index >= 15 is 0 Å². The lowest BCUT2D eigenvalue weighted by atomic mass is 10.1. The molecule has 0 fully saturated rings. The number of hydrogen-bond donors (Lipinski definition) is 1. The highest BCUT2D eigenvalue weighted by Gasteiger charge is 2.31. The van der Waals surface area contributed by atoms with Crippen molar-refractivity contribution in [1.29, 1.82) is 5.26 Å². The van der Waals surface area contributed by atoms with Crippen LogP contribution < -0.4 is 4.74 Å². The molecule has 1 N–H and O–H groups in total. The van der Waals surface area contributed by atoms with Crippen LogP contribution in [-0.4, -0.2) is 16.3 Å². The van der Waals surface area contributed by atoms with E-state index in [1.54, 1.807) is 24.3 Å². The molecule has 0 spiro atoms. The lowest BCUT2D eigenvalue weighted by Gasteiger charge is -2.11. The van der Waals surface area contributed by atoms with Crippen LogP contribution >= 0.6 is 0 Å². The summed E-state index contributed by atoms with van der Waals surface area (Å²) in [5.74, 6) is -0.102. The first-order chi connectivity index (χ1) is 11.5. The Balaban J connectivity index is 2.04. The number of alkyl halides is 3. The molecule has 0 saturated carbocycles. The van der Waals surface area contributed by atoms with Crippen LogP contribution in [0.3, 0.4) is 0 Å². The van der Waals surface area contributed by atoms with Crippen molar-refractivity contribution in [2.24, 2.45) is 0 Å². The van der Waals surface area contributed by atoms with E-state index in [0.717, 1.165) is 5.52 Å². The first-order valence-electron chi connectivity index (χ1n) is 6.88. The van der Waals surface area contributed by atoms with Crippen LogP contribution in [0.25, 0.3) is 22.7 Å². The monoisotopic (exact) mass is 329 g/mol. The molecule has 24 heavy (non-hydrogen) atoms. The van der Waals surface area contributed by atoms with Gasteiger partial charge >= 0.3 is 6.36 Å². The molecule has 3 rings (SSSR count). The predicted molar refractivity (Wildman–Crippen MR) is 82.7 cm³/mol. The second-order valence-corrected chi connectivity index (χ2v) is 4.86. The lowest BCUT2D eigenvalue weighted by Crippen LogP contribution is -2.17. The first-order valence-corrected chi connectivity index (χ1v) is 6.88. The van der Waals surface area contributed by atoms with Crippen molar-refractivity contribution in [3.8, 4) is 11.8 Å². The van der Waals surface area contributed by atoms with Crippen LogP contribution in [0.2, 0.25) is 0 Å². The topological polar surface area (TPSA) is 61.7 Å². The van der Waals surface area contributed by atoms with Crippen molar-refractivity contribution in [3.05, 3.63) is 59.9 Å². The summed E-state index contributed by atoms with van der Waals surface area (Å²) >= 11 is 0. The van der Waals surface area contributed by atoms with Gasteiger partial charge in [-0.1, -0.05) is 30.3 Å². The van der Waals surface area contributed by atoms with Crippen LogP contribution in [0.1, 0.15) is 11.4 Å². The van der Waals surface area contributed by atoms with Crippen LogP contribution in [0.4, 0.5) is 13.2 Å². The highest BCUT2D eigenvalue weighted by atomic mass is 19.4. The normalized spacial score (nSPS) is 12.2. The number of benzene rings is 2. The second-order valence-electron chi connectivity index (χ2n) is 4.86. The number of para-hydroxylation sites is 3. The van der Waals surface area contributed by atoms with Crippen molar-refractivity contribution in [3.63, 3.8) is 0 Å². The zero-order valence-electron chi connectivity index (χ0n) is 12.1. The molecule has 0 atom stereocenters. The molecule has 0 aliphatic carbocycles. The van der Waals surface area contributed by atoms with Gasteiger partial charge in [-0.3, -0.25) is 0 Å². The highest BCUT2D eigenvalue weighted by Crippen LogP contribution is 2.29. The standard InChI is InChI=1S/C17H10F3N3O/c18-17(19,20)24-15-8-4-1-5-11(15)9-12(10-21)16-22-13-6-2-3-7-14(13)23-16/h1-9H,(H,22,23). The number of halogens is 3. The van der Waals surface area contributed by atoms with Gasteiger partial charge in [-0.05, 0) is 24.3 Å². The number of ether oxygens (including phenoxy) is 1. The number of nitrogens with one attached hydrogen (secondary N) is 1. The second kappa shape index (κ2) is 6.08. The minimum Gasteiger partial charge on any atom is -0.405 e. The number of allylic oxidation sites excluding steroid dienone is 1. The van der Waals surface area contributed by atoms with Crippen molar-refractivity contribution in [2.45, 2.75) is 6.36 Å². The Kier molecular flexibility index (Phi) is 3.96. The number of nitrogens with zero attached hydrogens (tertiary/aromatic N) is 2. The van der Waals surface area contributed by atoms with E-state index in [-0.39, 0.29) is 22.7 Å². The van der Waals surface area contributed by atoms with Crippen LogP contribution in [-0.2, 0) is 0 Å². The number of nitriles is 1. The molecule has 0 unspecified atom stereocenters. The molecule has 0 saturated heterocycles. The number of imidazole rings is 1. The Hall–Kier alpha value is -3.27. The molecular formula is C17H10F3N3O. The van der Waals surface area contributed by atoms with E-state index in [9.17, 15) is 18.4 Å². The van der Waals surface area contributed by atoms with Gasteiger partial charge in [-0.15, -0.1) is 13.2 Å². The quantitative estimate of drug-likeness (QED) is 0.718. The molecule has 2 aromatic carbocycles. The zero-order chi connectivity index (χ0) is 17.2. The number of aromatic nitrogens is 2. The number of fused-ring (bicyclic) bond motifs is 1. The number of aromatic amines is 1. The van der Waals surface area contributed by atoms with Gasteiger partial charge in [0.2, 0.25) is 0 Å². The van der Waals surface area contributed by atoms with Gasteiger partial charge in [-0.25, -0.2) is 4.98 Å². The van der Waals surface area contributed by atoms with Crippen LogP contribution in [0, 0.1) is 11.3 Å². The molecule has 120 valence electrons. The average Bonchev–Trinajstić information content (AvgIpc) is 2.96. The summed E-state index contributed by atoms with van der Waals surface area (Å²) in [5, 5.41) is 9.35. The van der Waals surface area contributed by atoms with Gasteiger partial charge in [-0.2, -0.15) is 5.26 Å². The Morgan fingerprint density at radius 1 is 1.12 bits per heavy atom.